The summed E-state index contributed by atoms with van der Waals surface area (Å²) in [5.74, 6) is -5.93. The molecular formula is C25H22F5N7O3S. The van der Waals surface area contributed by atoms with Gasteiger partial charge >= 0.3 is 18.1 Å². The number of hydrogen-bond donors (Lipinski definition) is 2. The van der Waals surface area contributed by atoms with Crippen molar-refractivity contribution in [2.75, 3.05) is 16.0 Å². The molecule has 4 rings (SSSR count). The summed E-state index contributed by atoms with van der Waals surface area (Å²) >= 11 is 0. The van der Waals surface area contributed by atoms with Crippen LogP contribution in [0.3, 0.4) is 0 Å². The first kappa shape index (κ1) is 29.5. The molecule has 216 valence electrons. The Morgan fingerprint density at radius 1 is 1.10 bits per heavy atom. The molecule has 10 nitrogen and oxygen atoms in total. The highest BCUT2D eigenvalue weighted by Gasteiger charge is 2.59. The summed E-state index contributed by atoms with van der Waals surface area (Å²) in [6.07, 6.45) is -4.74. The van der Waals surface area contributed by atoms with E-state index in [1.165, 1.54) is 24.6 Å². The lowest BCUT2D eigenvalue weighted by Crippen LogP contribution is -2.33. The standard InChI is InChI=1S/C25H22F5N7O3S/c1-4-41(39,40)18-9-10-19(35-23(38)37(13-31)16-7-5-14(2)6-8-16)34-20(18)22-33-17-11-15(12-32-21(17)36(22)3)24(26,27)25(28,29)30/h5-13,31H,4H2,1-3H3,(H,34,35,38). The zero-order valence-electron chi connectivity index (χ0n) is 21.7. The first-order chi connectivity index (χ1) is 19.1. The van der Waals surface area contributed by atoms with E-state index >= 15 is 0 Å². The van der Waals surface area contributed by atoms with Crippen molar-refractivity contribution in [3.8, 4) is 11.5 Å². The van der Waals surface area contributed by atoms with E-state index in [0.717, 1.165) is 22.9 Å². The molecule has 3 heterocycles. The lowest BCUT2D eigenvalue weighted by molar-refractivity contribution is -0.289. The van der Waals surface area contributed by atoms with E-state index in [9.17, 15) is 35.2 Å². The summed E-state index contributed by atoms with van der Waals surface area (Å²) in [6, 6.07) is 8.77. The number of benzene rings is 1. The van der Waals surface area contributed by atoms with E-state index in [1.54, 1.807) is 24.3 Å². The molecule has 3 aromatic heterocycles. The Morgan fingerprint density at radius 2 is 1.76 bits per heavy atom. The number of sulfone groups is 1. The van der Waals surface area contributed by atoms with Gasteiger partial charge < -0.3 is 4.57 Å². The number of aryl methyl sites for hydroxylation is 2. The molecule has 0 aliphatic heterocycles. The van der Waals surface area contributed by atoms with E-state index in [4.69, 9.17) is 5.41 Å². The van der Waals surface area contributed by atoms with Crippen LogP contribution in [0.5, 0.6) is 0 Å². The number of anilines is 2. The van der Waals surface area contributed by atoms with Crippen LogP contribution in [0.2, 0.25) is 0 Å². The van der Waals surface area contributed by atoms with Gasteiger partial charge in [-0.3, -0.25) is 15.6 Å². The summed E-state index contributed by atoms with van der Waals surface area (Å²) < 4.78 is 93.6. The zero-order valence-corrected chi connectivity index (χ0v) is 22.5. The Labute approximate surface area is 230 Å². The highest BCUT2D eigenvalue weighted by atomic mass is 32.2. The fourth-order valence-electron chi connectivity index (χ4n) is 3.83. The lowest BCUT2D eigenvalue weighted by atomic mass is 10.1. The fraction of sp³-hybridized carbons (Fsp3) is 0.240. The van der Waals surface area contributed by atoms with Gasteiger partial charge in [0.1, 0.15) is 17.0 Å². The number of halogens is 5. The number of carbonyl (C=O) groups is 1. The van der Waals surface area contributed by atoms with Crippen molar-refractivity contribution < 1.29 is 35.2 Å². The lowest BCUT2D eigenvalue weighted by Gasteiger charge is -2.19. The molecule has 0 unspecified atom stereocenters. The van der Waals surface area contributed by atoms with Gasteiger partial charge in [-0.25, -0.2) is 28.2 Å². The van der Waals surface area contributed by atoms with Crippen LogP contribution in [0.4, 0.5) is 38.3 Å². The first-order valence-electron chi connectivity index (χ1n) is 11.8. The summed E-state index contributed by atoms with van der Waals surface area (Å²) in [5.41, 5.74) is -0.946. The molecule has 0 fully saturated rings. The average molecular weight is 596 g/mol. The van der Waals surface area contributed by atoms with Gasteiger partial charge in [0.15, 0.2) is 21.3 Å². The number of nitrogens with one attached hydrogen (secondary N) is 2. The Hall–Kier alpha value is -4.47. The molecule has 16 heteroatoms. The SMILES string of the molecule is CCS(=O)(=O)c1ccc(NC(=O)N(C=N)c2ccc(C)cc2)nc1-c1nc2cc(C(F)(F)C(F)(F)F)cnc2n1C. The van der Waals surface area contributed by atoms with Crippen LogP contribution in [0.15, 0.2) is 53.6 Å². The van der Waals surface area contributed by atoms with Crippen LogP contribution in [-0.2, 0) is 22.8 Å². The topological polar surface area (TPSA) is 134 Å². The molecule has 4 aromatic rings. The normalized spacial score (nSPS) is 12.4. The van der Waals surface area contributed by atoms with Gasteiger partial charge in [-0.2, -0.15) is 22.0 Å². The molecule has 0 saturated heterocycles. The molecule has 2 N–H and O–H groups in total. The van der Waals surface area contributed by atoms with Crippen molar-refractivity contribution >= 4 is 44.9 Å². The number of rotatable bonds is 7. The molecule has 0 aliphatic rings. The average Bonchev–Trinajstić information content (AvgIpc) is 3.25. The minimum Gasteiger partial charge on any atom is -0.310 e. The number of alkyl halides is 5. The largest absolute Gasteiger partial charge is 0.458 e. The van der Waals surface area contributed by atoms with Crippen molar-refractivity contribution in [2.24, 2.45) is 7.05 Å². The predicted octanol–water partition coefficient (Wildman–Crippen LogP) is 5.43. The van der Waals surface area contributed by atoms with Gasteiger partial charge in [-0.1, -0.05) is 24.6 Å². The number of amides is 2. The van der Waals surface area contributed by atoms with Gasteiger partial charge in [0.25, 0.3) is 0 Å². The van der Waals surface area contributed by atoms with Crippen LogP contribution in [0.25, 0.3) is 22.7 Å². The second-order valence-corrected chi connectivity index (χ2v) is 11.1. The molecule has 2 amide bonds. The molecule has 0 aliphatic carbocycles. The molecule has 41 heavy (non-hydrogen) atoms. The third kappa shape index (κ3) is 5.46. The summed E-state index contributed by atoms with van der Waals surface area (Å²) in [6.45, 7) is 3.22. The van der Waals surface area contributed by atoms with Crippen molar-refractivity contribution in [3.63, 3.8) is 0 Å². The minimum absolute atomic E-state index is 0.118. The van der Waals surface area contributed by atoms with Gasteiger partial charge in [-0.15, -0.1) is 0 Å². The Bertz CT molecular complexity index is 1750. The second-order valence-electron chi connectivity index (χ2n) is 8.84. The quantitative estimate of drug-likeness (QED) is 0.166. The summed E-state index contributed by atoms with van der Waals surface area (Å²) in [4.78, 5) is 25.6. The predicted molar refractivity (Wildman–Crippen MR) is 141 cm³/mol. The monoisotopic (exact) mass is 595 g/mol. The van der Waals surface area contributed by atoms with E-state index in [0.29, 0.717) is 18.0 Å². The van der Waals surface area contributed by atoms with Gasteiger partial charge in [0.2, 0.25) is 0 Å². The number of imidazole rings is 1. The van der Waals surface area contributed by atoms with Crippen molar-refractivity contribution in [3.05, 3.63) is 59.8 Å². The molecule has 1 aromatic carbocycles. The molecule has 0 saturated carbocycles. The Morgan fingerprint density at radius 3 is 2.34 bits per heavy atom. The van der Waals surface area contributed by atoms with E-state index < -0.39 is 33.5 Å². The number of urea groups is 1. The number of nitrogens with zero attached hydrogens (tertiary/aromatic N) is 5. The third-order valence-electron chi connectivity index (χ3n) is 6.11. The minimum atomic E-state index is -5.88. The highest BCUT2D eigenvalue weighted by Crippen LogP contribution is 2.44. The van der Waals surface area contributed by atoms with Crippen molar-refractivity contribution in [1.82, 2.24) is 19.5 Å². The van der Waals surface area contributed by atoms with E-state index in [-0.39, 0.29) is 39.1 Å². The summed E-state index contributed by atoms with van der Waals surface area (Å²) in [5, 5.41) is 10.1. The molecule has 0 atom stereocenters. The van der Waals surface area contributed by atoms with Gasteiger partial charge in [0.05, 0.1) is 28.2 Å². The Kier molecular flexibility index (Phi) is 7.55. The van der Waals surface area contributed by atoms with Crippen LogP contribution in [-0.4, -0.2) is 52.2 Å². The molecule has 0 radical (unpaired) electrons. The fourth-order valence-corrected chi connectivity index (χ4v) is 4.85. The highest BCUT2D eigenvalue weighted by molar-refractivity contribution is 7.91. The van der Waals surface area contributed by atoms with Crippen molar-refractivity contribution in [1.29, 1.82) is 5.41 Å². The van der Waals surface area contributed by atoms with Crippen LogP contribution >= 0.6 is 0 Å². The van der Waals surface area contributed by atoms with E-state index in [2.05, 4.69) is 20.3 Å². The maximum absolute atomic E-state index is 13.9. The number of fused-ring (bicyclic) bond motifs is 1. The van der Waals surface area contributed by atoms with Crippen LogP contribution < -0.4 is 10.2 Å². The maximum Gasteiger partial charge on any atom is 0.458 e. The maximum atomic E-state index is 13.9. The number of aromatic nitrogens is 4. The number of carbonyl (C=O) groups excluding carboxylic acids is 1. The van der Waals surface area contributed by atoms with Crippen molar-refractivity contribution in [2.45, 2.75) is 30.8 Å². The molecule has 0 spiro atoms. The second kappa shape index (κ2) is 10.5. The van der Waals surface area contributed by atoms with Gasteiger partial charge in [0, 0.05) is 13.2 Å². The third-order valence-corrected chi connectivity index (χ3v) is 7.87. The molecule has 0 bridgehead atoms. The number of hydrogen-bond acceptors (Lipinski definition) is 7. The van der Waals surface area contributed by atoms with Crippen LogP contribution in [0, 0.1) is 12.3 Å². The first-order valence-corrected chi connectivity index (χ1v) is 13.4. The smallest absolute Gasteiger partial charge is 0.310 e. The Balaban J connectivity index is 1.82. The zero-order chi connectivity index (χ0) is 30.3. The molecular weight excluding hydrogens is 573 g/mol. The van der Waals surface area contributed by atoms with Crippen LogP contribution in [0.1, 0.15) is 18.1 Å². The van der Waals surface area contributed by atoms with Gasteiger partial charge in [-0.05, 0) is 37.3 Å². The van der Waals surface area contributed by atoms with E-state index in [1.807, 2.05) is 6.92 Å². The number of pyridine rings is 2. The summed E-state index contributed by atoms with van der Waals surface area (Å²) in [7, 11) is -2.61.